The summed E-state index contributed by atoms with van der Waals surface area (Å²) >= 11 is -1.92. The number of hydrogen-bond donors (Lipinski definition) is 0. The maximum atomic E-state index is 5.82. The van der Waals surface area contributed by atoms with Crippen LogP contribution in [0.4, 0.5) is 0 Å². The van der Waals surface area contributed by atoms with Crippen molar-refractivity contribution in [3.8, 4) is 0 Å². The van der Waals surface area contributed by atoms with Crippen LogP contribution in [0.2, 0.25) is 17.7 Å². The molecule has 0 radical (unpaired) electrons. The van der Waals surface area contributed by atoms with Crippen LogP contribution in [-0.4, -0.2) is 30.6 Å². The van der Waals surface area contributed by atoms with Crippen molar-refractivity contribution < 1.29 is 4.74 Å². The predicted molar refractivity (Wildman–Crippen MR) is 114 cm³/mol. The molecule has 2 heteroatoms. The Bertz CT molecular complexity index is 282. The van der Waals surface area contributed by atoms with Crippen LogP contribution in [-0.2, 0) is 4.74 Å². The van der Waals surface area contributed by atoms with Crippen molar-refractivity contribution in [2.45, 2.75) is 116 Å². The molecule has 0 aliphatic rings. The first-order valence-electron chi connectivity index (χ1n) is 10.7. The monoisotopic (exact) mass is 446 g/mol. The third-order valence-corrected chi connectivity index (χ3v) is 20.2. The molecule has 0 unspecified atom stereocenters. The van der Waals surface area contributed by atoms with Gasteiger partial charge in [0.2, 0.25) is 0 Å². The Morgan fingerprint density at radius 3 is 1.67 bits per heavy atom. The molecule has 0 rings (SSSR count). The van der Waals surface area contributed by atoms with E-state index in [0.29, 0.717) is 0 Å². The standard InChI is InChI=1S/C10H19O.3C4H9.Sn/c1-5-6-7-8-9-11-10(2,3)4;3*1-3-4-2;/h5-6H,1,7-9H2,2-4H3;3*1,3-4H2,2H3;/b6-5+;;;;. The van der Waals surface area contributed by atoms with Crippen LogP contribution < -0.4 is 0 Å². The third kappa shape index (κ3) is 13.8. The van der Waals surface area contributed by atoms with Gasteiger partial charge >= 0.3 is 158 Å². The molecule has 144 valence electrons. The maximum absolute atomic E-state index is 5.82. The molecule has 0 N–H and O–H groups in total. The number of rotatable bonds is 15. The molecule has 0 saturated heterocycles. The van der Waals surface area contributed by atoms with E-state index in [1.165, 1.54) is 49.4 Å². The molecule has 0 bridgehead atoms. The quantitative estimate of drug-likeness (QED) is 0.141. The zero-order chi connectivity index (χ0) is 18.3. The van der Waals surface area contributed by atoms with E-state index in [1.54, 1.807) is 13.3 Å². The van der Waals surface area contributed by atoms with Crippen LogP contribution in [0.3, 0.4) is 0 Å². The van der Waals surface area contributed by atoms with E-state index >= 15 is 0 Å². The number of allylic oxidation sites excluding steroid dienone is 2. The molecule has 0 spiro atoms. The molecule has 0 aliphatic heterocycles. The van der Waals surface area contributed by atoms with E-state index in [1.807, 2.05) is 0 Å². The summed E-state index contributed by atoms with van der Waals surface area (Å²) in [5.74, 6) is 0. The van der Waals surface area contributed by atoms with E-state index in [9.17, 15) is 0 Å². The average molecular weight is 445 g/mol. The van der Waals surface area contributed by atoms with Gasteiger partial charge in [0.15, 0.2) is 0 Å². The van der Waals surface area contributed by atoms with Crippen molar-refractivity contribution in [3.63, 3.8) is 0 Å². The fourth-order valence-electron chi connectivity index (χ4n) is 3.37. The normalized spacial score (nSPS) is 13.1. The molecule has 0 fully saturated rings. The van der Waals surface area contributed by atoms with Gasteiger partial charge in [0.1, 0.15) is 0 Å². The molecule has 24 heavy (non-hydrogen) atoms. The van der Waals surface area contributed by atoms with Gasteiger partial charge in [-0.05, 0) is 0 Å². The summed E-state index contributed by atoms with van der Waals surface area (Å²) in [6.07, 6.45) is 16.0. The Morgan fingerprint density at radius 2 is 1.25 bits per heavy atom. The molecule has 0 amide bonds. The topological polar surface area (TPSA) is 9.23 Å². The summed E-state index contributed by atoms with van der Waals surface area (Å²) in [6.45, 7) is 14.4. The van der Waals surface area contributed by atoms with E-state index in [0.717, 1.165) is 13.0 Å². The van der Waals surface area contributed by atoms with Gasteiger partial charge in [-0.3, -0.25) is 0 Å². The Labute approximate surface area is 157 Å². The fourth-order valence-corrected chi connectivity index (χ4v) is 18.6. The van der Waals surface area contributed by atoms with Gasteiger partial charge in [-0.25, -0.2) is 0 Å². The summed E-state index contributed by atoms with van der Waals surface area (Å²) in [6, 6.07) is 0. The minimum atomic E-state index is -1.92. The van der Waals surface area contributed by atoms with E-state index in [2.05, 4.69) is 53.7 Å². The molecule has 0 atom stereocenters. The Morgan fingerprint density at radius 1 is 0.750 bits per heavy atom. The predicted octanol–water partition coefficient (Wildman–Crippen LogP) is 7.99. The first kappa shape index (κ1) is 24.5. The Kier molecular flexibility index (Phi) is 14.9. The summed E-state index contributed by atoms with van der Waals surface area (Å²) in [4.78, 5) is 0. The molecule has 0 heterocycles. The molecular weight excluding hydrogens is 399 g/mol. The molecule has 0 aromatic carbocycles. The molecule has 0 aliphatic carbocycles. The zero-order valence-electron chi connectivity index (χ0n) is 17.8. The van der Waals surface area contributed by atoms with E-state index < -0.39 is 18.4 Å². The molecular formula is C22H46OSn. The van der Waals surface area contributed by atoms with Gasteiger partial charge in [0.25, 0.3) is 0 Å². The van der Waals surface area contributed by atoms with Crippen molar-refractivity contribution in [2.75, 3.05) is 6.61 Å². The van der Waals surface area contributed by atoms with Crippen LogP contribution in [0.15, 0.2) is 12.2 Å². The van der Waals surface area contributed by atoms with Crippen molar-refractivity contribution in [3.05, 3.63) is 12.2 Å². The van der Waals surface area contributed by atoms with Gasteiger partial charge in [-0.1, -0.05) is 0 Å². The molecule has 0 aromatic rings. The summed E-state index contributed by atoms with van der Waals surface area (Å²) < 4.78 is 12.2. The minimum absolute atomic E-state index is 0.00970. The fraction of sp³-hybridized carbons (Fsp3) is 0.909. The van der Waals surface area contributed by atoms with Crippen molar-refractivity contribution in [1.82, 2.24) is 0 Å². The first-order valence-corrected chi connectivity index (χ1v) is 18.8. The van der Waals surface area contributed by atoms with Gasteiger partial charge < -0.3 is 0 Å². The molecule has 0 aromatic heterocycles. The molecule has 1 nitrogen and oxygen atoms in total. The average Bonchev–Trinajstić information content (AvgIpc) is 2.53. The SMILES string of the molecule is CCC[CH2][Sn]([CH2]/C=C/CCCOC(C)(C)C)([CH2]CCC)[CH2]CCC. The van der Waals surface area contributed by atoms with Crippen LogP contribution in [0.5, 0.6) is 0 Å². The second-order valence-electron chi connectivity index (χ2n) is 8.59. The van der Waals surface area contributed by atoms with Crippen LogP contribution in [0, 0.1) is 0 Å². The second-order valence-corrected chi connectivity index (χ2v) is 22.6. The third-order valence-electron chi connectivity index (χ3n) is 4.95. The summed E-state index contributed by atoms with van der Waals surface area (Å²) in [5.41, 5.74) is 0.00970. The first-order chi connectivity index (χ1) is 11.4. The van der Waals surface area contributed by atoms with E-state index in [-0.39, 0.29) is 5.60 Å². The van der Waals surface area contributed by atoms with Gasteiger partial charge in [-0.15, -0.1) is 0 Å². The van der Waals surface area contributed by atoms with Crippen LogP contribution >= 0.6 is 0 Å². The zero-order valence-corrected chi connectivity index (χ0v) is 20.6. The Hall–Kier alpha value is 0.499. The number of unbranched alkanes of at least 4 members (excludes halogenated alkanes) is 4. The molecule has 0 saturated carbocycles. The van der Waals surface area contributed by atoms with Gasteiger partial charge in [0.05, 0.1) is 0 Å². The van der Waals surface area contributed by atoms with Crippen molar-refractivity contribution in [1.29, 1.82) is 0 Å². The summed E-state index contributed by atoms with van der Waals surface area (Å²) in [5, 5.41) is 0. The summed E-state index contributed by atoms with van der Waals surface area (Å²) in [7, 11) is 0. The number of ether oxygens (including phenoxy) is 1. The van der Waals surface area contributed by atoms with Crippen LogP contribution in [0.25, 0.3) is 0 Å². The van der Waals surface area contributed by atoms with Crippen molar-refractivity contribution >= 4 is 18.4 Å². The van der Waals surface area contributed by atoms with Gasteiger partial charge in [0, 0.05) is 0 Å². The van der Waals surface area contributed by atoms with Gasteiger partial charge in [-0.2, -0.15) is 0 Å². The second kappa shape index (κ2) is 14.6. The number of hydrogen-bond acceptors (Lipinski definition) is 1. The van der Waals surface area contributed by atoms with E-state index in [4.69, 9.17) is 4.74 Å². The Balaban J connectivity index is 4.41. The van der Waals surface area contributed by atoms with Crippen LogP contribution in [0.1, 0.15) is 92.9 Å². The van der Waals surface area contributed by atoms with Crippen molar-refractivity contribution in [2.24, 2.45) is 0 Å².